The molecule has 1 aromatic rings. The Morgan fingerprint density at radius 1 is 1.50 bits per heavy atom. The highest BCUT2D eigenvalue weighted by Gasteiger charge is 2.18. The first-order chi connectivity index (χ1) is 7.46. The summed E-state index contributed by atoms with van der Waals surface area (Å²) in [5.41, 5.74) is 0.552. The van der Waals surface area contributed by atoms with Crippen molar-refractivity contribution in [2.24, 2.45) is 7.05 Å². The highest BCUT2D eigenvalue weighted by Crippen LogP contribution is 2.15. The average Bonchev–Trinajstić information content (AvgIpc) is 2.49. The molecule has 0 amide bonds. The number of halogens is 1. The Balaban J connectivity index is 2.66. The van der Waals surface area contributed by atoms with E-state index >= 15 is 0 Å². The van der Waals surface area contributed by atoms with Gasteiger partial charge in [0.2, 0.25) is 0 Å². The van der Waals surface area contributed by atoms with Crippen molar-refractivity contribution < 1.29 is 13.2 Å². The molecule has 1 heterocycles. The van der Waals surface area contributed by atoms with E-state index in [4.69, 9.17) is 4.74 Å². The van der Waals surface area contributed by atoms with Crippen LogP contribution in [-0.4, -0.2) is 42.4 Å². The van der Waals surface area contributed by atoms with E-state index in [1.165, 1.54) is 4.68 Å². The molecular weight excluding hydrogens is 298 g/mol. The number of hydrogen-bond donors (Lipinski definition) is 0. The maximum Gasteiger partial charge on any atom is 0.158 e. The van der Waals surface area contributed by atoms with Crippen LogP contribution < -0.4 is 0 Å². The van der Waals surface area contributed by atoms with Gasteiger partial charge in [0.25, 0.3) is 0 Å². The molecule has 0 aliphatic heterocycles. The van der Waals surface area contributed by atoms with Crippen molar-refractivity contribution in [2.75, 3.05) is 19.0 Å². The van der Waals surface area contributed by atoms with Gasteiger partial charge < -0.3 is 4.74 Å². The SMILES string of the molecule is CCOCCS(=O)(=O)Cc1c(Br)nnn1C. The minimum absolute atomic E-state index is 0.0124. The average molecular weight is 312 g/mol. The molecule has 0 bridgehead atoms. The van der Waals surface area contributed by atoms with Crippen LogP contribution >= 0.6 is 15.9 Å². The molecule has 0 aliphatic rings. The van der Waals surface area contributed by atoms with Crippen LogP contribution in [0.15, 0.2) is 4.60 Å². The second-order valence-electron chi connectivity index (χ2n) is 3.24. The molecule has 0 aliphatic carbocycles. The summed E-state index contributed by atoms with van der Waals surface area (Å²) in [5.74, 6) is -0.0668. The zero-order valence-electron chi connectivity index (χ0n) is 9.18. The minimum Gasteiger partial charge on any atom is -0.381 e. The van der Waals surface area contributed by atoms with Crippen LogP contribution in [0.4, 0.5) is 0 Å². The monoisotopic (exact) mass is 311 g/mol. The van der Waals surface area contributed by atoms with E-state index in [9.17, 15) is 8.42 Å². The highest BCUT2D eigenvalue weighted by atomic mass is 79.9. The first-order valence-corrected chi connectivity index (χ1v) is 7.40. The van der Waals surface area contributed by atoms with Crippen molar-refractivity contribution in [3.05, 3.63) is 10.3 Å². The van der Waals surface area contributed by atoms with Gasteiger partial charge in [0, 0.05) is 13.7 Å². The van der Waals surface area contributed by atoms with Crippen LogP contribution in [0.5, 0.6) is 0 Å². The largest absolute Gasteiger partial charge is 0.381 e. The smallest absolute Gasteiger partial charge is 0.158 e. The standard InChI is InChI=1S/C8H14BrN3O3S/c1-3-15-4-5-16(13,14)6-7-8(9)10-11-12(7)2/h3-6H2,1-2H3. The third-order valence-electron chi connectivity index (χ3n) is 1.99. The fourth-order valence-electron chi connectivity index (χ4n) is 1.12. The van der Waals surface area contributed by atoms with E-state index in [0.29, 0.717) is 16.9 Å². The fourth-order valence-corrected chi connectivity index (χ4v) is 3.02. The lowest BCUT2D eigenvalue weighted by Gasteiger charge is -2.04. The molecule has 0 aromatic carbocycles. The molecule has 0 spiro atoms. The molecule has 0 unspecified atom stereocenters. The third kappa shape index (κ3) is 3.84. The highest BCUT2D eigenvalue weighted by molar-refractivity contribution is 9.10. The van der Waals surface area contributed by atoms with E-state index in [2.05, 4.69) is 26.2 Å². The number of hydrogen-bond acceptors (Lipinski definition) is 5. The van der Waals surface area contributed by atoms with Gasteiger partial charge >= 0.3 is 0 Å². The molecule has 0 fully saturated rings. The third-order valence-corrected chi connectivity index (χ3v) is 4.11. The first-order valence-electron chi connectivity index (χ1n) is 4.78. The van der Waals surface area contributed by atoms with Gasteiger partial charge in [-0.2, -0.15) is 0 Å². The summed E-state index contributed by atoms with van der Waals surface area (Å²) in [6.07, 6.45) is 0. The predicted octanol–water partition coefficient (Wildman–Crippen LogP) is 0.529. The topological polar surface area (TPSA) is 74.1 Å². The molecule has 1 aromatic heterocycles. The Bertz CT molecular complexity index is 424. The molecule has 0 N–H and O–H groups in total. The molecule has 1 rings (SSSR count). The molecule has 0 atom stereocenters. The summed E-state index contributed by atoms with van der Waals surface area (Å²) < 4.78 is 30.3. The summed E-state index contributed by atoms with van der Waals surface area (Å²) in [6.45, 7) is 2.57. The predicted molar refractivity (Wildman–Crippen MR) is 62.7 cm³/mol. The molecule has 6 nitrogen and oxygen atoms in total. The van der Waals surface area contributed by atoms with Crippen LogP contribution in [0.1, 0.15) is 12.6 Å². The van der Waals surface area contributed by atoms with Gasteiger partial charge in [-0.3, -0.25) is 4.68 Å². The van der Waals surface area contributed by atoms with E-state index in [-0.39, 0.29) is 18.1 Å². The molecule has 0 radical (unpaired) electrons. The Kier molecular flexibility index (Phi) is 4.88. The van der Waals surface area contributed by atoms with E-state index in [1.807, 2.05) is 6.92 Å². The summed E-state index contributed by atoms with van der Waals surface area (Å²) in [6, 6.07) is 0. The number of ether oxygens (including phenoxy) is 1. The molecule has 16 heavy (non-hydrogen) atoms. The Labute approximate surface area is 103 Å². The van der Waals surface area contributed by atoms with Crippen molar-refractivity contribution in [2.45, 2.75) is 12.7 Å². The number of aromatic nitrogens is 3. The van der Waals surface area contributed by atoms with Crippen molar-refractivity contribution >= 4 is 25.8 Å². The van der Waals surface area contributed by atoms with E-state index < -0.39 is 9.84 Å². The molecule has 8 heteroatoms. The summed E-state index contributed by atoms with van der Waals surface area (Å²) in [4.78, 5) is 0. The lowest BCUT2D eigenvalue weighted by molar-refractivity contribution is 0.163. The first kappa shape index (κ1) is 13.6. The quantitative estimate of drug-likeness (QED) is 0.716. The number of nitrogens with zero attached hydrogens (tertiary/aromatic N) is 3. The summed E-state index contributed by atoms with van der Waals surface area (Å²) in [7, 11) is -1.52. The van der Waals surface area contributed by atoms with Gasteiger partial charge in [-0.1, -0.05) is 5.21 Å². The maximum atomic E-state index is 11.7. The maximum absolute atomic E-state index is 11.7. The molecule has 0 saturated heterocycles. The van der Waals surface area contributed by atoms with Gasteiger partial charge in [0.05, 0.1) is 23.8 Å². The fraction of sp³-hybridized carbons (Fsp3) is 0.750. The van der Waals surface area contributed by atoms with Crippen LogP contribution in [-0.2, 0) is 27.4 Å². The zero-order chi connectivity index (χ0) is 12.2. The van der Waals surface area contributed by atoms with Crippen molar-refractivity contribution in [1.29, 1.82) is 0 Å². The molecule has 92 valence electrons. The van der Waals surface area contributed by atoms with Gasteiger partial charge in [-0.25, -0.2) is 8.42 Å². The number of rotatable bonds is 6. The number of sulfone groups is 1. The van der Waals surface area contributed by atoms with Crippen molar-refractivity contribution in [3.63, 3.8) is 0 Å². The Morgan fingerprint density at radius 3 is 2.69 bits per heavy atom. The van der Waals surface area contributed by atoms with Crippen LogP contribution in [0.25, 0.3) is 0 Å². The van der Waals surface area contributed by atoms with Crippen LogP contribution in [0.3, 0.4) is 0 Å². The zero-order valence-corrected chi connectivity index (χ0v) is 11.6. The second kappa shape index (κ2) is 5.74. The van der Waals surface area contributed by atoms with Gasteiger partial charge in [-0.05, 0) is 22.9 Å². The van der Waals surface area contributed by atoms with Crippen LogP contribution in [0.2, 0.25) is 0 Å². The Morgan fingerprint density at radius 2 is 2.19 bits per heavy atom. The van der Waals surface area contributed by atoms with E-state index in [1.54, 1.807) is 7.05 Å². The number of aryl methyl sites for hydroxylation is 1. The van der Waals surface area contributed by atoms with Crippen molar-refractivity contribution in [3.8, 4) is 0 Å². The summed E-state index contributed by atoms with van der Waals surface area (Å²) >= 11 is 3.16. The van der Waals surface area contributed by atoms with E-state index in [0.717, 1.165) is 0 Å². The minimum atomic E-state index is -3.18. The Hall–Kier alpha value is -0.470. The second-order valence-corrected chi connectivity index (χ2v) is 6.17. The lowest BCUT2D eigenvalue weighted by atomic mass is 10.5. The lowest BCUT2D eigenvalue weighted by Crippen LogP contribution is -2.16. The van der Waals surface area contributed by atoms with Crippen molar-refractivity contribution in [1.82, 2.24) is 15.0 Å². The van der Waals surface area contributed by atoms with Gasteiger partial charge in [0.1, 0.15) is 0 Å². The van der Waals surface area contributed by atoms with Crippen LogP contribution in [0, 0.1) is 0 Å². The molecule has 0 saturated carbocycles. The molecular formula is C8H14BrN3O3S. The van der Waals surface area contributed by atoms with Gasteiger partial charge in [0.15, 0.2) is 14.4 Å². The summed E-state index contributed by atoms with van der Waals surface area (Å²) in [5, 5.41) is 7.45. The van der Waals surface area contributed by atoms with Gasteiger partial charge in [-0.15, -0.1) is 5.10 Å². The normalized spacial score (nSPS) is 11.9.